The summed E-state index contributed by atoms with van der Waals surface area (Å²) in [6.07, 6.45) is 1.88. The molecule has 0 heterocycles. The summed E-state index contributed by atoms with van der Waals surface area (Å²) in [4.78, 5) is 28.2. The Morgan fingerprint density at radius 1 is 0.730 bits per heavy atom. The molecule has 0 bridgehead atoms. The molecular formula is C32H25ClO4. The van der Waals surface area contributed by atoms with E-state index in [0.29, 0.717) is 33.2 Å². The van der Waals surface area contributed by atoms with Crippen molar-refractivity contribution in [1.29, 1.82) is 0 Å². The molecule has 5 heteroatoms. The quantitative estimate of drug-likeness (QED) is 0.244. The third-order valence-electron chi connectivity index (χ3n) is 6.77. The smallest absolute Gasteiger partial charge is 0.189 e. The van der Waals surface area contributed by atoms with Gasteiger partial charge in [-0.05, 0) is 47.0 Å². The highest BCUT2D eigenvalue weighted by Gasteiger charge is 2.41. The van der Waals surface area contributed by atoms with Gasteiger partial charge in [-0.3, -0.25) is 9.59 Å². The van der Waals surface area contributed by atoms with Crippen LogP contribution in [0, 0.1) is 0 Å². The van der Waals surface area contributed by atoms with Crippen LogP contribution in [0.1, 0.15) is 49.2 Å². The van der Waals surface area contributed by atoms with Crippen molar-refractivity contribution in [2.45, 2.75) is 11.8 Å². The van der Waals surface area contributed by atoms with Crippen LogP contribution in [0.5, 0.6) is 11.5 Å². The Morgan fingerprint density at radius 2 is 1.30 bits per heavy atom. The monoisotopic (exact) mass is 508 g/mol. The van der Waals surface area contributed by atoms with Gasteiger partial charge >= 0.3 is 0 Å². The third kappa shape index (κ3) is 4.68. The largest absolute Gasteiger partial charge is 0.493 e. The Morgan fingerprint density at radius 3 is 1.89 bits per heavy atom. The van der Waals surface area contributed by atoms with E-state index in [1.54, 1.807) is 50.6 Å². The molecule has 0 spiro atoms. The van der Waals surface area contributed by atoms with Crippen molar-refractivity contribution in [2.75, 3.05) is 14.2 Å². The van der Waals surface area contributed by atoms with Gasteiger partial charge in [0, 0.05) is 27.6 Å². The maximum absolute atomic E-state index is 14.2. The number of methoxy groups -OCH3 is 2. The van der Waals surface area contributed by atoms with Gasteiger partial charge in [0.15, 0.2) is 23.1 Å². The maximum atomic E-state index is 14.2. The second-order valence-corrected chi connectivity index (χ2v) is 9.30. The zero-order valence-electron chi connectivity index (χ0n) is 20.5. The average Bonchev–Trinajstić information content (AvgIpc) is 2.96. The number of Topliss-reactive ketones (excluding diaryl/α,β-unsaturated/α-hetero) is 2. The highest BCUT2D eigenvalue weighted by molar-refractivity contribution is 6.30. The van der Waals surface area contributed by atoms with Gasteiger partial charge in [0.2, 0.25) is 0 Å². The van der Waals surface area contributed by atoms with Crippen LogP contribution >= 0.6 is 11.6 Å². The molecule has 4 aromatic carbocycles. The first kappa shape index (κ1) is 24.5. The number of rotatable bonds is 7. The predicted molar refractivity (Wildman–Crippen MR) is 146 cm³/mol. The van der Waals surface area contributed by atoms with Crippen LogP contribution in [-0.2, 0) is 0 Å². The first-order valence-electron chi connectivity index (χ1n) is 11.9. The minimum Gasteiger partial charge on any atom is -0.493 e. The van der Waals surface area contributed by atoms with E-state index in [0.717, 1.165) is 16.7 Å². The maximum Gasteiger partial charge on any atom is 0.189 e. The summed E-state index contributed by atoms with van der Waals surface area (Å²) in [6.45, 7) is 0. The number of carbonyl (C=O) groups excluding carboxylic acids is 2. The Bertz CT molecular complexity index is 1470. The average molecular weight is 509 g/mol. The van der Waals surface area contributed by atoms with Gasteiger partial charge in [-0.1, -0.05) is 84.4 Å². The van der Waals surface area contributed by atoms with E-state index in [9.17, 15) is 9.59 Å². The van der Waals surface area contributed by atoms with Crippen molar-refractivity contribution >= 4 is 29.2 Å². The Balaban J connectivity index is 1.79. The number of ether oxygens (including phenoxy) is 2. The Hall–Kier alpha value is -4.15. The summed E-state index contributed by atoms with van der Waals surface area (Å²) in [5.41, 5.74) is 4.01. The second kappa shape index (κ2) is 10.5. The first-order valence-corrected chi connectivity index (χ1v) is 12.3. The molecule has 0 radical (unpaired) electrons. The molecule has 0 N–H and O–H groups in total. The van der Waals surface area contributed by atoms with Crippen LogP contribution in [0.25, 0.3) is 6.08 Å². The molecule has 0 aromatic heterocycles. The molecule has 2 atom stereocenters. The fraction of sp³-hybridized carbons (Fsp3) is 0.125. The molecule has 1 aliphatic rings. The van der Waals surface area contributed by atoms with Crippen LogP contribution in [-0.4, -0.2) is 25.8 Å². The van der Waals surface area contributed by atoms with Crippen molar-refractivity contribution in [3.63, 3.8) is 0 Å². The van der Waals surface area contributed by atoms with Crippen LogP contribution in [0.3, 0.4) is 0 Å². The fourth-order valence-electron chi connectivity index (χ4n) is 5.00. The summed E-state index contributed by atoms with van der Waals surface area (Å²) >= 11 is 6.22. The molecular weight excluding hydrogens is 484 g/mol. The Kier molecular flexibility index (Phi) is 6.93. The molecule has 184 valence electrons. The van der Waals surface area contributed by atoms with Crippen LogP contribution in [0.4, 0.5) is 0 Å². The Labute approximate surface area is 221 Å². The van der Waals surface area contributed by atoms with Crippen molar-refractivity contribution < 1.29 is 19.1 Å². The molecule has 0 aliphatic heterocycles. The number of hydrogen-bond donors (Lipinski definition) is 0. The third-order valence-corrected chi connectivity index (χ3v) is 7.02. The van der Waals surface area contributed by atoms with Crippen molar-refractivity contribution in [2.24, 2.45) is 0 Å². The van der Waals surface area contributed by atoms with E-state index >= 15 is 0 Å². The van der Waals surface area contributed by atoms with Gasteiger partial charge in [-0.2, -0.15) is 0 Å². The lowest BCUT2D eigenvalue weighted by molar-refractivity contribution is 0.0944. The lowest BCUT2D eigenvalue weighted by Gasteiger charge is -2.34. The molecule has 0 unspecified atom stereocenters. The number of allylic oxidation sites excluding steroid dienone is 1. The number of halogens is 1. The van der Waals surface area contributed by atoms with Gasteiger partial charge < -0.3 is 9.47 Å². The van der Waals surface area contributed by atoms with E-state index in [4.69, 9.17) is 21.1 Å². The minimum atomic E-state index is -0.675. The van der Waals surface area contributed by atoms with Gasteiger partial charge in [-0.15, -0.1) is 0 Å². The number of fused-ring (bicyclic) bond motifs is 1. The summed E-state index contributed by atoms with van der Waals surface area (Å²) in [5, 5.41) is 0.581. The lowest BCUT2D eigenvalue weighted by atomic mass is 9.67. The highest BCUT2D eigenvalue weighted by atomic mass is 35.5. The van der Waals surface area contributed by atoms with Gasteiger partial charge in [-0.25, -0.2) is 0 Å². The van der Waals surface area contributed by atoms with Crippen molar-refractivity contribution in [3.05, 3.63) is 135 Å². The molecule has 0 saturated carbocycles. The molecule has 0 amide bonds. The molecule has 0 fully saturated rings. The summed E-state index contributed by atoms with van der Waals surface area (Å²) in [7, 11) is 3.13. The molecule has 4 nitrogen and oxygen atoms in total. The normalized spacial score (nSPS) is 16.4. The van der Waals surface area contributed by atoms with E-state index in [1.165, 1.54) is 0 Å². The first-order chi connectivity index (χ1) is 18.0. The minimum absolute atomic E-state index is 0.0829. The summed E-state index contributed by atoms with van der Waals surface area (Å²) in [6, 6.07) is 29.3. The molecule has 5 rings (SSSR count). The highest BCUT2D eigenvalue weighted by Crippen LogP contribution is 2.49. The van der Waals surface area contributed by atoms with Gasteiger partial charge in [0.05, 0.1) is 20.1 Å². The van der Waals surface area contributed by atoms with E-state index in [2.05, 4.69) is 0 Å². The van der Waals surface area contributed by atoms with E-state index in [-0.39, 0.29) is 11.6 Å². The number of benzene rings is 4. The van der Waals surface area contributed by atoms with Gasteiger partial charge in [0.1, 0.15) is 0 Å². The number of carbonyl (C=O) groups is 2. The molecule has 0 saturated heterocycles. The molecule has 1 aliphatic carbocycles. The molecule has 37 heavy (non-hydrogen) atoms. The number of ketones is 2. The standard InChI is InChI=1S/C32H25ClO4/c1-36-27-18-23-17-26(31(34)21-9-5-3-6-10-21)29(20-13-15-24(33)16-14-20)30(25(23)19-28(27)37-2)32(35)22-11-7-4-8-12-22/h3-19,29-30H,1-2H3/t29-,30-/m1/s1. The van der Waals surface area contributed by atoms with Crippen LogP contribution in [0.2, 0.25) is 5.02 Å². The summed E-state index contributed by atoms with van der Waals surface area (Å²) in [5.74, 6) is -0.380. The second-order valence-electron chi connectivity index (χ2n) is 8.87. The number of hydrogen-bond acceptors (Lipinski definition) is 4. The van der Waals surface area contributed by atoms with E-state index in [1.807, 2.05) is 66.7 Å². The van der Waals surface area contributed by atoms with Crippen LogP contribution < -0.4 is 9.47 Å². The SMILES string of the molecule is COc1cc2c(cc1OC)[C@@H](C(=O)c1ccccc1)[C@H](c1ccc(Cl)cc1)C(C(=O)c1ccccc1)=C2. The van der Waals surface area contributed by atoms with E-state index < -0.39 is 11.8 Å². The van der Waals surface area contributed by atoms with Crippen LogP contribution in [0.15, 0.2) is 103 Å². The molecule has 4 aromatic rings. The van der Waals surface area contributed by atoms with Crippen molar-refractivity contribution in [1.82, 2.24) is 0 Å². The van der Waals surface area contributed by atoms with Gasteiger partial charge in [0.25, 0.3) is 0 Å². The lowest BCUT2D eigenvalue weighted by Crippen LogP contribution is -2.28. The topological polar surface area (TPSA) is 52.6 Å². The van der Waals surface area contributed by atoms with Crippen molar-refractivity contribution in [3.8, 4) is 11.5 Å². The zero-order valence-corrected chi connectivity index (χ0v) is 21.2. The predicted octanol–water partition coefficient (Wildman–Crippen LogP) is 7.39. The zero-order chi connectivity index (χ0) is 25.9. The summed E-state index contributed by atoms with van der Waals surface area (Å²) < 4.78 is 11.1. The fourth-order valence-corrected chi connectivity index (χ4v) is 5.13.